The highest BCUT2D eigenvalue weighted by Crippen LogP contribution is 2.10. The fourth-order valence-corrected chi connectivity index (χ4v) is 1.92. The van der Waals surface area contributed by atoms with Crippen molar-refractivity contribution >= 4 is 5.91 Å². The predicted octanol–water partition coefficient (Wildman–Crippen LogP) is -0.0207. The van der Waals surface area contributed by atoms with E-state index in [-0.39, 0.29) is 18.6 Å². The van der Waals surface area contributed by atoms with Crippen LogP contribution < -0.4 is 5.32 Å². The third-order valence-electron chi connectivity index (χ3n) is 2.82. The molecule has 1 atom stereocenters. The summed E-state index contributed by atoms with van der Waals surface area (Å²) >= 11 is 0. The van der Waals surface area contributed by atoms with Crippen molar-refractivity contribution in [3.63, 3.8) is 0 Å². The zero-order chi connectivity index (χ0) is 11.4. The third-order valence-corrected chi connectivity index (χ3v) is 2.82. The molecule has 1 fully saturated rings. The van der Waals surface area contributed by atoms with E-state index in [1.807, 2.05) is 30.3 Å². The maximum Gasteiger partial charge on any atom is 0.237 e. The lowest BCUT2D eigenvalue weighted by atomic mass is 10.1. The second-order valence-electron chi connectivity index (χ2n) is 3.97. The molecule has 0 bridgehead atoms. The van der Waals surface area contributed by atoms with Crippen LogP contribution in [-0.4, -0.2) is 41.7 Å². The van der Waals surface area contributed by atoms with E-state index in [1.165, 1.54) is 0 Å². The molecule has 2 N–H and O–H groups in total. The van der Waals surface area contributed by atoms with Crippen molar-refractivity contribution in [1.82, 2.24) is 10.2 Å². The van der Waals surface area contributed by atoms with E-state index >= 15 is 0 Å². The molecular weight excluding hydrogens is 204 g/mol. The molecule has 0 saturated carbocycles. The van der Waals surface area contributed by atoms with Gasteiger partial charge in [-0.05, 0) is 5.56 Å². The maximum absolute atomic E-state index is 11.7. The molecule has 86 valence electrons. The van der Waals surface area contributed by atoms with Gasteiger partial charge in [0.2, 0.25) is 5.91 Å². The molecule has 1 heterocycles. The SMILES string of the molecule is O=C1CNCC(CO)N1Cc1ccccc1. The molecule has 1 aromatic rings. The van der Waals surface area contributed by atoms with Crippen molar-refractivity contribution in [2.75, 3.05) is 19.7 Å². The number of hydrogen-bond acceptors (Lipinski definition) is 3. The second kappa shape index (κ2) is 5.09. The quantitative estimate of drug-likeness (QED) is 0.752. The Hall–Kier alpha value is -1.39. The predicted molar refractivity (Wildman–Crippen MR) is 60.7 cm³/mol. The summed E-state index contributed by atoms with van der Waals surface area (Å²) in [4.78, 5) is 13.5. The van der Waals surface area contributed by atoms with Gasteiger partial charge < -0.3 is 15.3 Å². The molecule has 2 rings (SSSR count). The summed E-state index contributed by atoms with van der Waals surface area (Å²) in [6, 6.07) is 9.73. The first-order valence-electron chi connectivity index (χ1n) is 5.46. The van der Waals surface area contributed by atoms with Crippen LogP contribution in [0, 0.1) is 0 Å². The van der Waals surface area contributed by atoms with Gasteiger partial charge in [0.25, 0.3) is 0 Å². The molecule has 4 heteroatoms. The zero-order valence-electron chi connectivity index (χ0n) is 9.10. The average Bonchev–Trinajstić information content (AvgIpc) is 2.33. The van der Waals surface area contributed by atoms with E-state index < -0.39 is 0 Å². The fourth-order valence-electron chi connectivity index (χ4n) is 1.92. The number of benzene rings is 1. The van der Waals surface area contributed by atoms with Gasteiger partial charge in [0.1, 0.15) is 0 Å². The van der Waals surface area contributed by atoms with Crippen LogP contribution >= 0.6 is 0 Å². The van der Waals surface area contributed by atoms with E-state index in [0.29, 0.717) is 19.6 Å². The van der Waals surface area contributed by atoms with Gasteiger partial charge >= 0.3 is 0 Å². The third kappa shape index (κ3) is 2.40. The van der Waals surface area contributed by atoms with Gasteiger partial charge in [0.05, 0.1) is 19.2 Å². The first-order chi connectivity index (χ1) is 7.81. The number of nitrogens with zero attached hydrogens (tertiary/aromatic N) is 1. The normalized spacial score (nSPS) is 21.2. The number of carbonyl (C=O) groups is 1. The Morgan fingerprint density at radius 2 is 2.12 bits per heavy atom. The number of hydrogen-bond donors (Lipinski definition) is 2. The Bertz CT molecular complexity index is 353. The van der Waals surface area contributed by atoms with Gasteiger partial charge in [-0.2, -0.15) is 0 Å². The Morgan fingerprint density at radius 1 is 1.38 bits per heavy atom. The van der Waals surface area contributed by atoms with E-state index in [2.05, 4.69) is 5.32 Å². The molecule has 0 aromatic heterocycles. The smallest absolute Gasteiger partial charge is 0.237 e. The highest BCUT2D eigenvalue weighted by Gasteiger charge is 2.26. The topological polar surface area (TPSA) is 52.6 Å². The summed E-state index contributed by atoms with van der Waals surface area (Å²) in [6.07, 6.45) is 0. The number of piperazine rings is 1. The molecule has 1 unspecified atom stereocenters. The van der Waals surface area contributed by atoms with Crippen LogP contribution in [0.15, 0.2) is 30.3 Å². The number of aliphatic hydroxyl groups excluding tert-OH is 1. The summed E-state index contributed by atoms with van der Waals surface area (Å²) < 4.78 is 0. The Kier molecular flexibility index (Phi) is 3.54. The average molecular weight is 220 g/mol. The van der Waals surface area contributed by atoms with Gasteiger partial charge in [0.15, 0.2) is 0 Å². The Labute approximate surface area is 94.9 Å². The molecule has 1 aliphatic rings. The number of nitrogens with one attached hydrogen (secondary N) is 1. The molecule has 4 nitrogen and oxygen atoms in total. The summed E-state index contributed by atoms with van der Waals surface area (Å²) in [5.74, 6) is 0.0501. The molecule has 1 saturated heterocycles. The lowest BCUT2D eigenvalue weighted by Crippen LogP contribution is -2.55. The molecule has 0 spiro atoms. The van der Waals surface area contributed by atoms with E-state index in [1.54, 1.807) is 4.90 Å². The summed E-state index contributed by atoms with van der Waals surface area (Å²) in [5, 5.41) is 12.2. The van der Waals surface area contributed by atoms with Crippen LogP contribution in [0.5, 0.6) is 0 Å². The van der Waals surface area contributed by atoms with Gasteiger partial charge in [-0.25, -0.2) is 0 Å². The molecule has 1 aromatic carbocycles. The van der Waals surface area contributed by atoms with E-state index in [0.717, 1.165) is 5.56 Å². The van der Waals surface area contributed by atoms with Crippen molar-refractivity contribution in [2.24, 2.45) is 0 Å². The van der Waals surface area contributed by atoms with Crippen molar-refractivity contribution in [1.29, 1.82) is 0 Å². The van der Waals surface area contributed by atoms with E-state index in [9.17, 15) is 9.90 Å². The fraction of sp³-hybridized carbons (Fsp3) is 0.417. The highest BCUT2D eigenvalue weighted by atomic mass is 16.3. The minimum Gasteiger partial charge on any atom is -0.394 e. The van der Waals surface area contributed by atoms with Crippen LogP contribution in [0.3, 0.4) is 0 Å². The van der Waals surface area contributed by atoms with Crippen LogP contribution in [-0.2, 0) is 11.3 Å². The summed E-state index contributed by atoms with van der Waals surface area (Å²) in [5.41, 5.74) is 1.09. The van der Waals surface area contributed by atoms with Crippen molar-refractivity contribution in [2.45, 2.75) is 12.6 Å². The minimum atomic E-state index is -0.110. The molecule has 0 aliphatic carbocycles. The second-order valence-corrected chi connectivity index (χ2v) is 3.97. The van der Waals surface area contributed by atoms with Crippen LogP contribution in [0.2, 0.25) is 0 Å². The monoisotopic (exact) mass is 220 g/mol. The number of aliphatic hydroxyl groups is 1. The van der Waals surface area contributed by atoms with Crippen LogP contribution in [0.4, 0.5) is 0 Å². The van der Waals surface area contributed by atoms with Crippen LogP contribution in [0.25, 0.3) is 0 Å². The lowest BCUT2D eigenvalue weighted by molar-refractivity contribution is -0.136. The van der Waals surface area contributed by atoms with Crippen molar-refractivity contribution < 1.29 is 9.90 Å². The summed E-state index contributed by atoms with van der Waals surface area (Å²) in [6.45, 7) is 1.61. The Balaban J connectivity index is 2.08. The van der Waals surface area contributed by atoms with Crippen molar-refractivity contribution in [3.05, 3.63) is 35.9 Å². The zero-order valence-corrected chi connectivity index (χ0v) is 9.10. The lowest BCUT2D eigenvalue weighted by Gasteiger charge is -2.35. The molecule has 16 heavy (non-hydrogen) atoms. The standard InChI is InChI=1S/C12H16N2O2/c15-9-11-6-13-7-12(16)14(11)8-10-4-2-1-3-5-10/h1-5,11,13,15H,6-9H2. The van der Waals surface area contributed by atoms with Gasteiger partial charge in [-0.1, -0.05) is 30.3 Å². The first kappa shape index (κ1) is 11.1. The summed E-state index contributed by atoms with van der Waals surface area (Å²) in [7, 11) is 0. The maximum atomic E-state index is 11.7. The Morgan fingerprint density at radius 3 is 2.81 bits per heavy atom. The number of amides is 1. The van der Waals surface area contributed by atoms with Crippen molar-refractivity contribution in [3.8, 4) is 0 Å². The van der Waals surface area contributed by atoms with Gasteiger partial charge in [-0.3, -0.25) is 4.79 Å². The van der Waals surface area contributed by atoms with Gasteiger partial charge in [0, 0.05) is 13.1 Å². The first-order valence-corrected chi connectivity index (χ1v) is 5.46. The van der Waals surface area contributed by atoms with Crippen LogP contribution in [0.1, 0.15) is 5.56 Å². The molecule has 0 radical (unpaired) electrons. The molecule has 1 aliphatic heterocycles. The minimum absolute atomic E-state index is 0.00553. The number of rotatable bonds is 3. The molecule has 1 amide bonds. The van der Waals surface area contributed by atoms with E-state index in [4.69, 9.17) is 0 Å². The van der Waals surface area contributed by atoms with Gasteiger partial charge in [-0.15, -0.1) is 0 Å². The largest absolute Gasteiger partial charge is 0.394 e. The molecular formula is C12H16N2O2. The highest BCUT2D eigenvalue weighted by molar-refractivity contribution is 5.79. The number of carbonyl (C=O) groups excluding carboxylic acids is 1.